The maximum atomic E-state index is 12.6. The van der Waals surface area contributed by atoms with E-state index in [0.717, 1.165) is 23.5 Å². The first kappa shape index (κ1) is 21.2. The van der Waals surface area contributed by atoms with E-state index in [1.807, 2.05) is 32.0 Å². The van der Waals surface area contributed by atoms with Gasteiger partial charge in [0, 0.05) is 0 Å². The second-order valence-electron chi connectivity index (χ2n) is 6.14. The third-order valence-corrected chi connectivity index (χ3v) is 4.20. The quantitative estimate of drug-likeness (QED) is 0.726. The van der Waals surface area contributed by atoms with Crippen LogP contribution >= 0.6 is 11.6 Å². The SMILES string of the molecule is CC1CCNC1.CCc1ccccc1F.Cc1ccc(C#N)c(Cl)c1. The fourth-order valence-corrected chi connectivity index (χ4v) is 2.57. The monoisotopic (exact) mass is 360 g/mol. The summed E-state index contributed by atoms with van der Waals surface area (Å²) in [6, 6.07) is 14.2. The summed E-state index contributed by atoms with van der Waals surface area (Å²) in [7, 11) is 0. The highest BCUT2D eigenvalue weighted by Crippen LogP contribution is 2.15. The molecule has 2 aromatic carbocycles. The molecule has 0 spiro atoms. The Bertz CT molecular complexity index is 689. The summed E-state index contributed by atoms with van der Waals surface area (Å²) >= 11 is 5.71. The summed E-state index contributed by atoms with van der Waals surface area (Å²) < 4.78 is 12.6. The summed E-state index contributed by atoms with van der Waals surface area (Å²) in [5.41, 5.74) is 2.40. The number of hydrogen-bond acceptors (Lipinski definition) is 2. The fourth-order valence-electron chi connectivity index (χ4n) is 2.29. The summed E-state index contributed by atoms with van der Waals surface area (Å²) in [5, 5.41) is 12.3. The molecule has 1 atom stereocenters. The van der Waals surface area contributed by atoms with Gasteiger partial charge in [0.1, 0.15) is 11.9 Å². The zero-order valence-electron chi connectivity index (χ0n) is 15.2. The maximum Gasteiger partial charge on any atom is 0.126 e. The van der Waals surface area contributed by atoms with E-state index in [1.54, 1.807) is 24.3 Å². The van der Waals surface area contributed by atoms with E-state index in [-0.39, 0.29) is 5.82 Å². The summed E-state index contributed by atoms with van der Waals surface area (Å²) in [6.45, 7) is 8.63. The topological polar surface area (TPSA) is 35.8 Å². The van der Waals surface area contributed by atoms with Gasteiger partial charge in [-0.3, -0.25) is 0 Å². The van der Waals surface area contributed by atoms with Crippen LogP contribution in [0.15, 0.2) is 42.5 Å². The van der Waals surface area contributed by atoms with Crippen LogP contribution < -0.4 is 5.32 Å². The number of rotatable bonds is 1. The maximum absolute atomic E-state index is 12.6. The van der Waals surface area contributed by atoms with Crippen LogP contribution in [0.25, 0.3) is 0 Å². The predicted octanol–water partition coefficient (Wildman–Crippen LogP) is 5.52. The van der Waals surface area contributed by atoms with Gasteiger partial charge in [0.05, 0.1) is 10.6 Å². The minimum Gasteiger partial charge on any atom is -0.316 e. The fraction of sp³-hybridized carbons (Fsp3) is 0.381. The van der Waals surface area contributed by atoms with Crippen LogP contribution in [0, 0.1) is 30.0 Å². The van der Waals surface area contributed by atoms with E-state index < -0.39 is 0 Å². The number of aryl methyl sites for hydroxylation is 2. The van der Waals surface area contributed by atoms with Crippen LogP contribution in [0.2, 0.25) is 5.02 Å². The van der Waals surface area contributed by atoms with E-state index >= 15 is 0 Å². The lowest BCUT2D eigenvalue weighted by Crippen LogP contribution is -2.06. The lowest BCUT2D eigenvalue weighted by Gasteiger charge is -1.94. The van der Waals surface area contributed by atoms with Crippen molar-refractivity contribution in [2.24, 2.45) is 5.92 Å². The molecule has 1 aliphatic heterocycles. The molecule has 1 saturated heterocycles. The lowest BCUT2D eigenvalue weighted by molar-refractivity contribution is 0.612. The molecule has 0 aliphatic carbocycles. The minimum absolute atomic E-state index is 0.0972. The number of nitrogens with one attached hydrogen (secondary N) is 1. The molecule has 0 radical (unpaired) electrons. The van der Waals surface area contributed by atoms with E-state index in [9.17, 15) is 4.39 Å². The Balaban J connectivity index is 0.000000193. The van der Waals surface area contributed by atoms with E-state index in [2.05, 4.69) is 12.2 Å². The van der Waals surface area contributed by atoms with Crippen molar-refractivity contribution < 1.29 is 4.39 Å². The van der Waals surface area contributed by atoms with Crippen molar-refractivity contribution in [2.75, 3.05) is 13.1 Å². The van der Waals surface area contributed by atoms with Gasteiger partial charge in [0.25, 0.3) is 0 Å². The molecule has 25 heavy (non-hydrogen) atoms. The molecule has 134 valence electrons. The molecule has 0 aromatic heterocycles. The van der Waals surface area contributed by atoms with Crippen molar-refractivity contribution in [1.29, 1.82) is 5.26 Å². The summed E-state index contributed by atoms with van der Waals surface area (Å²) in [6.07, 6.45) is 2.15. The molecule has 2 nitrogen and oxygen atoms in total. The zero-order valence-corrected chi connectivity index (χ0v) is 15.9. The molecule has 1 fully saturated rings. The van der Waals surface area contributed by atoms with E-state index in [0.29, 0.717) is 10.6 Å². The lowest BCUT2D eigenvalue weighted by atomic mass is 10.2. The number of halogens is 2. The Morgan fingerprint density at radius 3 is 2.40 bits per heavy atom. The largest absolute Gasteiger partial charge is 0.316 e. The Kier molecular flexibility index (Phi) is 9.84. The first-order valence-electron chi connectivity index (χ1n) is 8.58. The predicted molar refractivity (Wildman–Crippen MR) is 103 cm³/mol. The number of hydrogen-bond donors (Lipinski definition) is 1. The number of benzene rings is 2. The van der Waals surface area contributed by atoms with Crippen molar-refractivity contribution >= 4 is 11.6 Å². The van der Waals surface area contributed by atoms with Gasteiger partial charge in [-0.15, -0.1) is 0 Å². The molecular weight excluding hydrogens is 335 g/mol. The molecule has 2 aromatic rings. The molecule has 1 heterocycles. The number of nitrogens with zero attached hydrogens (tertiary/aromatic N) is 1. The van der Waals surface area contributed by atoms with Crippen LogP contribution in [0.1, 0.15) is 37.0 Å². The Hall–Kier alpha value is -1.89. The van der Waals surface area contributed by atoms with Crippen LogP contribution in [0.5, 0.6) is 0 Å². The van der Waals surface area contributed by atoms with E-state index in [1.165, 1.54) is 25.6 Å². The van der Waals surface area contributed by atoms with Gasteiger partial charge < -0.3 is 5.32 Å². The normalized spacial score (nSPS) is 15.3. The first-order chi connectivity index (χ1) is 12.0. The van der Waals surface area contributed by atoms with Gasteiger partial charge in [0.2, 0.25) is 0 Å². The second kappa shape index (κ2) is 11.6. The number of nitriles is 1. The average molecular weight is 361 g/mol. The van der Waals surface area contributed by atoms with Crippen molar-refractivity contribution in [3.05, 3.63) is 70.0 Å². The first-order valence-corrected chi connectivity index (χ1v) is 8.96. The standard InChI is InChI=1S/C8H6ClN.C8H9F.C5H11N/c1-6-2-3-7(5-10)8(9)4-6;1-2-7-5-3-4-6-8(7)9;1-5-2-3-6-4-5/h2-4H,1H3;3-6H,2H2,1H3;5-6H,2-4H2,1H3. The minimum atomic E-state index is -0.0972. The third-order valence-electron chi connectivity index (χ3n) is 3.89. The van der Waals surface area contributed by atoms with E-state index in [4.69, 9.17) is 16.9 Å². The van der Waals surface area contributed by atoms with Crippen molar-refractivity contribution in [2.45, 2.75) is 33.6 Å². The molecular formula is C21H26ClFN2. The van der Waals surface area contributed by atoms with Crippen molar-refractivity contribution in [1.82, 2.24) is 5.32 Å². The highest BCUT2D eigenvalue weighted by molar-refractivity contribution is 6.31. The molecule has 3 rings (SSSR count). The molecule has 4 heteroatoms. The van der Waals surface area contributed by atoms with Crippen LogP contribution in [-0.4, -0.2) is 13.1 Å². The second-order valence-corrected chi connectivity index (χ2v) is 6.55. The van der Waals surface area contributed by atoms with Crippen molar-refractivity contribution in [3.8, 4) is 6.07 Å². The molecule has 0 bridgehead atoms. The van der Waals surface area contributed by atoms with Crippen LogP contribution in [0.4, 0.5) is 4.39 Å². The zero-order chi connectivity index (χ0) is 18.7. The molecule has 1 unspecified atom stereocenters. The summed E-state index contributed by atoms with van der Waals surface area (Å²) in [4.78, 5) is 0. The molecule has 1 N–H and O–H groups in total. The molecule has 1 aliphatic rings. The van der Waals surface area contributed by atoms with Gasteiger partial charge in [-0.2, -0.15) is 5.26 Å². The van der Waals surface area contributed by atoms with Gasteiger partial charge >= 0.3 is 0 Å². The van der Waals surface area contributed by atoms with Gasteiger partial charge in [0.15, 0.2) is 0 Å². The third kappa shape index (κ3) is 8.16. The van der Waals surface area contributed by atoms with Crippen LogP contribution in [-0.2, 0) is 6.42 Å². The average Bonchev–Trinajstić information content (AvgIpc) is 3.08. The van der Waals surface area contributed by atoms with Gasteiger partial charge in [-0.1, -0.05) is 49.7 Å². The highest BCUT2D eigenvalue weighted by Gasteiger charge is 2.06. The molecule has 0 amide bonds. The van der Waals surface area contributed by atoms with Gasteiger partial charge in [-0.05, 0) is 68.1 Å². The summed E-state index contributed by atoms with van der Waals surface area (Å²) in [5.74, 6) is 0.838. The highest BCUT2D eigenvalue weighted by atomic mass is 35.5. The van der Waals surface area contributed by atoms with Crippen molar-refractivity contribution in [3.63, 3.8) is 0 Å². The van der Waals surface area contributed by atoms with Gasteiger partial charge in [-0.25, -0.2) is 4.39 Å². The Labute approximate surface area is 155 Å². The Morgan fingerprint density at radius 1 is 1.28 bits per heavy atom. The Morgan fingerprint density at radius 2 is 2.00 bits per heavy atom. The molecule has 0 saturated carbocycles. The smallest absolute Gasteiger partial charge is 0.126 e. The van der Waals surface area contributed by atoms with Crippen LogP contribution in [0.3, 0.4) is 0 Å².